The molecule has 0 amide bonds. The Hall–Kier alpha value is -0.290. The van der Waals surface area contributed by atoms with E-state index >= 15 is 0 Å². The molecule has 0 radical (unpaired) electrons. The van der Waals surface area contributed by atoms with E-state index in [0.29, 0.717) is 0 Å². The highest BCUT2D eigenvalue weighted by Crippen LogP contribution is 2.34. The van der Waals surface area contributed by atoms with Crippen molar-refractivity contribution in [3.8, 4) is 0 Å². The van der Waals surface area contributed by atoms with E-state index < -0.39 is 0 Å². The van der Waals surface area contributed by atoms with Crippen LogP contribution in [0.2, 0.25) is 0 Å². The lowest BCUT2D eigenvalue weighted by Gasteiger charge is -1.98. The van der Waals surface area contributed by atoms with Gasteiger partial charge in [0.15, 0.2) is 0 Å². The quantitative estimate of drug-likeness (QED) is 0.919. The Kier molecular flexibility index (Phi) is 3.86. The summed E-state index contributed by atoms with van der Waals surface area (Å²) in [6.45, 7) is 0.129. The first kappa shape index (κ1) is 11.2. The van der Waals surface area contributed by atoms with Gasteiger partial charge >= 0.3 is 0 Å². The van der Waals surface area contributed by atoms with Crippen LogP contribution in [0, 0.1) is 0 Å². The number of halogens is 1. The Morgan fingerprint density at radius 1 is 1.27 bits per heavy atom. The smallest absolute Gasteiger partial charge is 0.0774 e. The van der Waals surface area contributed by atoms with Crippen LogP contribution in [0.15, 0.2) is 50.0 Å². The minimum absolute atomic E-state index is 0.129. The number of thiophene rings is 1. The van der Waals surface area contributed by atoms with Crippen LogP contribution < -0.4 is 0 Å². The number of aliphatic hydroxyl groups excluding tert-OH is 1. The van der Waals surface area contributed by atoms with Crippen molar-refractivity contribution in [2.75, 3.05) is 0 Å². The zero-order valence-corrected chi connectivity index (χ0v) is 11.0. The van der Waals surface area contributed by atoms with Crippen molar-refractivity contribution in [1.29, 1.82) is 0 Å². The highest BCUT2D eigenvalue weighted by Gasteiger charge is 2.01. The van der Waals surface area contributed by atoms with E-state index in [1.54, 1.807) is 23.1 Å². The third kappa shape index (κ3) is 3.08. The number of hydrogen-bond acceptors (Lipinski definition) is 3. The van der Waals surface area contributed by atoms with Gasteiger partial charge in [0.25, 0.3) is 0 Å². The minimum Gasteiger partial charge on any atom is -0.391 e. The van der Waals surface area contributed by atoms with E-state index in [0.717, 1.165) is 9.35 Å². The molecule has 2 rings (SSSR count). The van der Waals surface area contributed by atoms with E-state index in [2.05, 4.69) is 28.1 Å². The molecule has 1 heterocycles. The van der Waals surface area contributed by atoms with Gasteiger partial charge in [0.05, 0.1) is 10.8 Å². The molecule has 15 heavy (non-hydrogen) atoms. The molecule has 0 aliphatic rings. The summed E-state index contributed by atoms with van der Waals surface area (Å²) in [6, 6.07) is 12.2. The number of rotatable bonds is 3. The van der Waals surface area contributed by atoms with Crippen LogP contribution in [0.5, 0.6) is 0 Å². The van der Waals surface area contributed by atoms with Crippen LogP contribution >= 0.6 is 39.0 Å². The largest absolute Gasteiger partial charge is 0.391 e. The van der Waals surface area contributed by atoms with E-state index in [4.69, 9.17) is 5.11 Å². The monoisotopic (exact) mass is 300 g/mol. The molecule has 1 nitrogen and oxygen atoms in total. The SMILES string of the molecule is OCc1ccc(Sc2cccc(Br)c2)s1. The Morgan fingerprint density at radius 3 is 2.80 bits per heavy atom. The van der Waals surface area contributed by atoms with Gasteiger partial charge in [-0.05, 0) is 30.3 Å². The van der Waals surface area contributed by atoms with Crippen LogP contribution in [0.3, 0.4) is 0 Å². The van der Waals surface area contributed by atoms with Crippen LogP contribution in [0.25, 0.3) is 0 Å². The van der Waals surface area contributed by atoms with E-state index in [-0.39, 0.29) is 6.61 Å². The average molecular weight is 301 g/mol. The zero-order valence-electron chi connectivity index (χ0n) is 7.81. The van der Waals surface area contributed by atoms with Gasteiger partial charge in [-0.15, -0.1) is 11.3 Å². The Balaban J connectivity index is 2.14. The first-order valence-electron chi connectivity index (χ1n) is 4.41. The maximum absolute atomic E-state index is 8.95. The molecule has 2 aromatic rings. The molecule has 0 fully saturated rings. The summed E-state index contributed by atoms with van der Waals surface area (Å²) in [6.07, 6.45) is 0. The molecular formula is C11H9BrOS2. The van der Waals surface area contributed by atoms with E-state index in [1.807, 2.05) is 24.3 Å². The summed E-state index contributed by atoms with van der Waals surface area (Å²) in [5.74, 6) is 0. The minimum atomic E-state index is 0.129. The van der Waals surface area contributed by atoms with Crippen LogP contribution in [-0.2, 0) is 6.61 Å². The fourth-order valence-corrected chi connectivity index (χ4v) is 3.77. The molecule has 0 saturated carbocycles. The third-order valence-electron chi connectivity index (χ3n) is 1.81. The van der Waals surface area contributed by atoms with Crippen molar-refractivity contribution in [2.45, 2.75) is 15.7 Å². The van der Waals surface area contributed by atoms with Gasteiger partial charge in [-0.1, -0.05) is 33.8 Å². The predicted octanol–water partition coefficient (Wildman–Crippen LogP) is 4.15. The van der Waals surface area contributed by atoms with Crippen molar-refractivity contribution < 1.29 is 5.11 Å². The van der Waals surface area contributed by atoms with Gasteiger partial charge in [0.1, 0.15) is 0 Å². The van der Waals surface area contributed by atoms with Crippen molar-refractivity contribution in [3.05, 3.63) is 45.7 Å². The van der Waals surface area contributed by atoms with Gasteiger partial charge < -0.3 is 5.11 Å². The summed E-state index contributed by atoms with van der Waals surface area (Å²) < 4.78 is 2.29. The predicted molar refractivity (Wildman–Crippen MR) is 68.5 cm³/mol. The number of benzene rings is 1. The van der Waals surface area contributed by atoms with Gasteiger partial charge in [0, 0.05) is 14.2 Å². The molecule has 0 aliphatic carbocycles. The first-order chi connectivity index (χ1) is 7.28. The molecule has 0 atom stereocenters. The highest BCUT2D eigenvalue weighted by molar-refractivity contribution is 9.10. The molecule has 0 bridgehead atoms. The van der Waals surface area contributed by atoms with Gasteiger partial charge in [-0.2, -0.15) is 0 Å². The summed E-state index contributed by atoms with van der Waals surface area (Å²) in [4.78, 5) is 2.21. The zero-order chi connectivity index (χ0) is 10.7. The van der Waals surface area contributed by atoms with Crippen LogP contribution in [0.4, 0.5) is 0 Å². The standard InChI is InChI=1S/C11H9BrOS2/c12-8-2-1-3-9(6-8)14-11-5-4-10(7-13)15-11/h1-6,13H,7H2. The Labute approximate surface area is 105 Å². The third-order valence-corrected chi connectivity index (χ3v) is 4.49. The Bertz CT molecular complexity index is 453. The number of aliphatic hydroxyl groups is 1. The molecule has 1 N–H and O–H groups in total. The molecule has 4 heteroatoms. The van der Waals surface area contributed by atoms with Crippen molar-refractivity contribution >= 4 is 39.0 Å². The molecule has 0 aliphatic heterocycles. The summed E-state index contributed by atoms with van der Waals surface area (Å²) in [5, 5.41) is 8.95. The molecule has 1 aromatic heterocycles. The molecular weight excluding hydrogens is 292 g/mol. The van der Waals surface area contributed by atoms with Crippen LogP contribution in [0.1, 0.15) is 4.88 Å². The molecule has 0 saturated heterocycles. The normalized spacial score (nSPS) is 10.5. The van der Waals surface area contributed by atoms with Crippen molar-refractivity contribution in [3.63, 3.8) is 0 Å². The summed E-state index contributed by atoms with van der Waals surface area (Å²) in [7, 11) is 0. The molecule has 0 spiro atoms. The van der Waals surface area contributed by atoms with Gasteiger partial charge in [0.2, 0.25) is 0 Å². The van der Waals surface area contributed by atoms with E-state index in [1.165, 1.54) is 9.10 Å². The lowest BCUT2D eigenvalue weighted by molar-refractivity contribution is 0.285. The average Bonchev–Trinajstić information content (AvgIpc) is 2.65. The Morgan fingerprint density at radius 2 is 2.13 bits per heavy atom. The van der Waals surface area contributed by atoms with Gasteiger partial charge in [-0.3, -0.25) is 0 Å². The molecule has 78 valence electrons. The van der Waals surface area contributed by atoms with Crippen molar-refractivity contribution in [2.24, 2.45) is 0 Å². The van der Waals surface area contributed by atoms with Crippen molar-refractivity contribution in [1.82, 2.24) is 0 Å². The molecule has 1 aromatic carbocycles. The topological polar surface area (TPSA) is 20.2 Å². The summed E-state index contributed by atoms with van der Waals surface area (Å²) >= 11 is 6.79. The fraction of sp³-hybridized carbons (Fsp3) is 0.0909. The number of hydrogen-bond donors (Lipinski definition) is 1. The maximum atomic E-state index is 8.95. The second kappa shape index (κ2) is 5.16. The lowest BCUT2D eigenvalue weighted by atomic mass is 10.4. The van der Waals surface area contributed by atoms with Gasteiger partial charge in [-0.25, -0.2) is 0 Å². The van der Waals surface area contributed by atoms with E-state index in [9.17, 15) is 0 Å². The first-order valence-corrected chi connectivity index (χ1v) is 6.83. The fourth-order valence-electron chi connectivity index (χ4n) is 1.14. The molecule has 0 unspecified atom stereocenters. The highest BCUT2D eigenvalue weighted by atomic mass is 79.9. The van der Waals surface area contributed by atoms with Crippen LogP contribution in [-0.4, -0.2) is 5.11 Å². The maximum Gasteiger partial charge on any atom is 0.0774 e. The summed E-state index contributed by atoms with van der Waals surface area (Å²) in [5.41, 5.74) is 0. The lowest BCUT2D eigenvalue weighted by Crippen LogP contribution is -1.70. The second-order valence-electron chi connectivity index (χ2n) is 2.94. The second-order valence-corrected chi connectivity index (χ2v) is 6.40.